The van der Waals surface area contributed by atoms with Gasteiger partial charge in [0.05, 0.1) is 38.2 Å². The van der Waals surface area contributed by atoms with Crippen LogP contribution >= 0.6 is 11.3 Å². The van der Waals surface area contributed by atoms with Gasteiger partial charge in [0.1, 0.15) is 5.76 Å². The van der Waals surface area contributed by atoms with Gasteiger partial charge in [0.2, 0.25) is 0 Å². The Labute approximate surface area is 153 Å². The first-order valence-electron chi connectivity index (χ1n) is 8.86. The predicted molar refractivity (Wildman–Crippen MR) is 97.7 cm³/mol. The molecule has 2 aromatic heterocycles. The summed E-state index contributed by atoms with van der Waals surface area (Å²) in [5.41, 5.74) is 0. The van der Waals surface area contributed by atoms with Gasteiger partial charge in [-0.1, -0.05) is 0 Å². The van der Waals surface area contributed by atoms with Crippen molar-refractivity contribution in [1.29, 1.82) is 0 Å². The molecule has 0 radical (unpaired) electrons. The maximum absolute atomic E-state index is 10.4. The van der Waals surface area contributed by atoms with Gasteiger partial charge in [0.25, 0.3) is 0 Å². The van der Waals surface area contributed by atoms with E-state index in [0.717, 1.165) is 31.8 Å². The van der Waals surface area contributed by atoms with Crippen LogP contribution in [0.25, 0.3) is 0 Å². The molecule has 138 valence electrons. The van der Waals surface area contributed by atoms with Crippen LogP contribution in [0, 0.1) is 6.92 Å². The molecule has 25 heavy (non-hydrogen) atoms. The molecule has 0 aromatic carbocycles. The summed E-state index contributed by atoms with van der Waals surface area (Å²) in [6, 6.07) is 8.14. The van der Waals surface area contributed by atoms with Crippen molar-refractivity contribution in [3.8, 4) is 0 Å². The Hall–Kier alpha value is -1.18. The first-order chi connectivity index (χ1) is 12.2. The number of furan rings is 1. The highest BCUT2D eigenvalue weighted by Crippen LogP contribution is 2.19. The fraction of sp³-hybridized carbons (Fsp3) is 0.579. The molecule has 0 aliphatic carbocycles. The van der Waals surface area contributed by atoms with Gasteiger partial charge in [-0.25, -0.2) is 0 Å². The van der Waals surface area contributed by atoms with E-state index in [1.165, 1.54) is 9.75 Å². The number of ether oxygens (including phenoxy) is 2. The Morgan fingerprint density at radius 3 is 2.96 bits per heavy atom. The van der Waals surface area contributed by atoms with E-state index in [2.05, 4.69) is 24.0 Å². The van der Waals surface area contributed by atoms with Crippen molar-refractivity contribution >= 4 is 11.3 Å². The standard InChI is InChI=1S/C19H27NO4S/c1-15-6-7-19(25-15)12-20(11-17-4-2-8-23-17)10-16(21)13-22-14-18-5-3-9-24-18/h2,4,6-8,16,18,21H,3,5,9-14H2,1H3. The summed E-state index contributed by atoms with van der Waals surface area (Å²) in [5.74, 6) is 0.903. The zero-order chi connectivity index (χ0) is 17.5. The summed E-state index contributed by atoms with van der Waals surface area (Å²) in [7, 11) is 0. The van der Waals surface area contributed by atoms with E-state index in [0.29, 0.717) is 26.3 Å². The number of hydrogen-bond donors (Lipinski definition) is 1. The third-order valence-corrected chi connectivity index (χ3v) is 5.23. The average Bonchev–Trinajstić information content (AvgIpc) is 3.31. The van der Waals surface area contributed by atoms with E-state index in [4.69, 9.17) is 13.9 Å². The smallest absolute Gasteiger partial charge is 0.117 e. The quantitative estimate of drug-likeness (QED) is 0.701. The largest absolute Gasteiger partial charge is 0.468 e. The fourth-order valence-electron chi connectivity index (χ4n) is 3.06. The molecule has 0 spiro atoms. The minimum atomic E-state index is -0.530. The van der Waals surface area contributed by atoms with Crippen molar-refractivity contribution in [2.24, 2.45) is 0 Å². The predicted octanol–water partition coefficient (Wildman–Crippen LogP) is 3.21. The van der Waals surface area contributed by atoms with Crippen LogP contribution in [0.5, 0.6) is 0 Å². The zero-order valence-electron chi connectivity index (χ0n) is 14.7. The zero-order valence-corrected chi connectivity index (χ0v) is 15.5. The van der Waals surface area contributed by atoms with Gasteiger partial charge in [-0.2, -0.15) is 0 Å². The van der Waals surface area contributed by atoms with Gasteiger partial charge in [-0.05, 0) is 44.0 Å². The Bertz CT molecular complexity index is 607. The lowest BCUT2D eigenvalue weighted by atomic mass is 10.2. The minimum Gasteiger partial charge on any atom is -0.468 e. The molecule has 0 amide bonds. The summed E-state index contributed by atoms with van der Waals surface area (Å²) in [4.78, 5) is 4.79. The molecular formula is C19H27NO4S. The molecule has 1 aliphatic heterocycles. The lowest BCUT2D eigenvalue weighted by Crippen LogP contribution is -2.34. The molecule has 1 fully saturated rings. The van der Waals surface area contributed by atoms with E-state index in [9.17, 15) is 5.11 Å². The highest BCUT2D eigenvalue weighted by Gasteiger charge is 2.18. The second-order valence-electron chi connectivity index (χ2n) is 6.59. The van der Waals surface area contributed by atoms with E-state index >= 15 is 0 Å². The lowest BCUT2D eigenvalue weighted by molar-refractivity contribution is -0.0268. The van der Waals surface area contributed by atoms with Gasteiger partial charge in [0.15, 0.2) is 0 Å². The summed E-state index contributed by atoms with van der Waals surface area (Å²) < 4.78 is 16.7. The number of thiophene rings is 1. The van der Waals surface area contributed by atoms with Crippen molar-refractivity contribution in [2.45, 2.75) is 45.1 Å². The van der Waals surface area contributed by atoms with E-state index in [-0.39, 0.29) is 6.10 Å². The molecule has 0 saturated carbocycles. The Morgan fingerprint density at radius 2 is 2.28 bits per heavy atom. The van der Waals surface area contributed by atoms with Gasteiger partial charge < -0.3 is 19.0 Å². The molecule has 5 nitrogen and oxygen atoms in total. The molecule has 2 unspecified atom stereocenters. The Morgan fingerprint density at radius 1 is 1.36 bits per heavy atom. The number of hydrogen-bond acceptors (Lipinski definition) is 6. The van der Waals surface area contributed by atoms with E-state index in [1.807, 2.05) is 12.1 Å². The highest BCUT2D eigenvalue weighted by molar-refractivity contribution is 7.11. The van der Waals surface area contributed by atoms with Crippen LogP contribution in [0.3, 0.4) is 0 Å². The SMILES string of the molecule is Cc1ccc(CN(Cc2ccco2)CC(O)COCC2CCCO2)s1. The van der Waals surface area contributed by atoms with Crippen LogP contribution in [-0.2, 0) is 22.6 Å². The van der Waals surface area contributed by atoms with Crippen molar-refractivity contribution < 1.29 is 19.0 Å². The van der Waals surface area contributed by atoms with Crippen LogP contribution in [-0.4, -0.2) is 48.6 Å². The van der Waals surface area contributed by atoms with Crippen molar-refractivity contribution in [3.05, 3.63) is 46.0 Å². The number of aliphatic hydroxyl groups excluding tert-OH is 1. The number of aryl methyl sites for hydroxylation is 1. The number of aliphatic hydroxyl groups is 1. The molecule has 1 N–H and O–H groups in total. The summed E-state index contributed by atoms with van der Waals surface area (Å²) in [5, 5.41) is 10.4. The molecule has 1 saturated heterocycles. The first-order valence-corrected chi connectivity index (χ1v) is 9.68. The number of nitrogens with zero attached hydrogens (tertiary/aromatic N) is 1. The van der Waals surface area contributed by atoms with Gasteiger partial charge in [0, 0.05) is 29.5 Å². The van der Waals surface area contributed by atoms with Crippen LogP contribution in [0.4, 0.5) is 0 Å². The fourth-order valence-corrected chi connectivity index (χ4v) is 3.99. The molecule has 3 heterocycles. The first kappa shape index (κ1) is 18.6. The maximum Gasteiger partial charge on any atom is 0.117 e. The molecule has 6 heteroatoms. The van der Waals surface area contributed by atoms with E-state index in [1.54, 1.807) is 17.6 Å². The van der Waals surface area contributed by atoms with Crippen molar-refractivity contribution in [3.63, 3.8) is 0 Å². The molecular weight excluding hydrogens is 338 g/mol. The Kier molecular flexibility index (Phi) is 7.07. The number of rotatable bonds is 10. The average molecular weight is 365 g/mol. The highest BCUT2D eigenvalue weighted by atomic mass is 32.1. The van der Waals surface area contributed by atoms with Gasteiger partial charge >= 0.3 is 0 Å². The summed E-state index contributed by atoms with van der Waals surface area (Å²) in [6.45, 7) is 5.85. The van der Waals surface area contributed by atoms with Gasteiger partial charge in [-0.15, -0.1) is 11.3 Å². The monoisotopic (exact) mass is 365 g/mol. The molecule has 0 bridgehead atoms. The normalized spacial score (nSPS) is 18.9. The van der Waals surface area contributed by atoms with Crippen LogP contribution in [0.2, 0.25) is 0 Å². The summed E-state index contributed by atoms with van der Waals surface area (Å²) >= 11 is 1.79. The minimum absolute atomic E-state index is 0.195. The van der Waals surface area contributed by atoms with Crippen LogP contribution in [0.15, 0.2) is 34.9 Å². The second kappa shape index (κ2) is 9.50. The maximum atomic E-state index is 10.4. The van der Waals surface area contributed by atoms with Crippen molar-refractivity contribution in [2.75, 3.05) is 26.4 Å². The molecule has 2 aromatic rings. The lowest BCUT2D eigenvalue weighted by Gasteiger charge is -2.24. The molecule has 3 rings (SSSR count). The van der Waals surface area contributed by atoms with Crippen molar-refractivity contribution in [1.82, 2.24) is 4.90 Å². The molecule has 2 atom stereocenters. The summed E-state index contributed by atoms with van der Waals surface area (Å²) in [6.07, 6.45) is 3.51. The Balaban J connectivity index is 1.48. The molecule has 1 aliphatic rings. The van der Waals surface area contributed by atoms with Crippen LogP contribution in [0.1, 0.15) is 28.4 Å². The topological polar surface area (TPSA) is 55.1 Å². The second-order valence-corrected chi connectivity index (χ2v) is 7.96. The third-order valence-electron chi connectivity index (χ3n) is 4.24. The third kappa shape index (κ3) is 6.24. The van der Waals surface area contributed by atoms with Crippen LogP contribution < -0.4 is 0 Å². The van der Waals surface area contributed by atoms with E-state index < -0.39 is 6.10 Å². The van der Waals surface area contributed by atoms with Gasteiger partial charge in [-0.3, -0.25) is 4.90 Å².